The van der Waals surface area contributed by atoms with Gasteiger partial charge in [-0.25, -0.2) is 4.79 Å². The predicted molar refractivity (Wildman–Crippen MR) is 84.3 cm³/mol. The number of unbranched alkanes of at least 4 members (excludes halogenated alkanes) is 1. The van der Waals surface area contributed by atoms with Gasteiger partial charge in [-0.2, -0.15) is 13.2 Å². The van der Waals surface area contributed by atoms with E-state index < -0.39 is 18.3 Å². The molecular weight excluding hydrogens is 339 g/mol. The highest BCUT2D eigenvalue weighted by Gasteiger charge is 2.48. The zero-order chi connectivity index (χ0) is 18.4. The molecule has 0 saturated heterocycles. The molecule has 0 bridgehead atoms. The van der Waals surface area contributed by atoms with Crippen molar-refractivity contribution >= 4 is 17.7 Å². The number of amides is 1. The average Bonchev–Trinajstić information content (AvgIpc) is 2.59. The van der Waals surface area contributed by atoms with Crippen molar-refractivity contribution in [1.29, 1.82) is 0 Å². The predicted octanol–water partition coefficient (Wildman–Crippen LogP) is 3.85. The Balaban J connectivity index is 2.02. The summed E-state index contributed by atoms with van der Waals surface area (Å²) in [6.45, 7) is -0.0565. The first-order valence-corrected chi connectivity index (χ1v) is 8.02. The third kappa shape index (κ3) is 4.87. The maximum Gasteiger partial charge on any atom is 0.414 e. The third-order valence-corrected chi connectivity index (χ3v) is 4.05. The zero-order valence-corrected chi connectivity index (χ0v) is 13.8. The van der Waals surface area contributed by atoms with Gasteiger partial charge >= 0.3 is 18.2 Å². The van der Waals surface area contributed by atoms with Gasteiger partial charge in [-0.3, -0.25) is 9.69 Å². The molecule has 5 nitrogen and oxygen atoms in total. The second-order valence-electron chi connectivity index (χ2n) is 5.74. The van der Waals surface area contributed by atoms with Crippen molar-refractivity contribution in [1.82, 2.24) is 0 Å². The Kier molecular flexibility index (Phi) is 6.27. The molecule has 0 N–H and O–H groups in total. The van der Waals surface area contributed by atoms with Crippen LogP contribution in [-0.2, 0) is 20.7 Å². The quantitative estimate of drug-likeness (QED) is 0.592. The van der Waals surface area contributed by atoms with E-state index in [1.54, 1.807) is 18.2 Å². The van der Waals surface area contributed by atoms with Crippen LogP contribution in [0.2, 0.25) is 0 Å². The van der Waals surface area contributed by atoms with Crippen molar-refractivity contribution in [2.75, 3.05) is 18.6 Å². The lowest BCUT2D eigenvalue weighted by Crippen LogP contribution is -2.51. The van der Waals surface area contributed by atoms with E-state index >= 15 is 0 Å². The Bertz CT molecular complexity index is 618. The number of fused-ring (bicyclic) bond motifs is 1. The minimum absolute atomic E-state index is 0.0565. The van der Waals surface area contributed by atoms with E-state index in [-0.39, 0.29) is 37.5 Å². The number of carbonyl (C=O) groups is 2. The summed E-state index contributed by atoms with van der Waals surface area (Å²) in [6, 6.07) is 4.62. The van der Waals surface area contributed by atoms with Crippen LogP contribution < -0.4 is 4.90 Å². The lowest BCUT2D eigenvalue weighted by molar-refractivity contribution is -0.150. The van der Waals surface area contributed by atoms with Gasteiger partial charge in [-0.1, -0.05) is 18.2 Å². The summed E-state index contributed by atoms with van der Waals surface area (Å²) in [5.74, 6) is -0.381. The summed E-state index contributed by atoms with van der Waals surface area (Å²) >= 11 is 0. The molecule has 1 aliphatic heterocycles. The highest BCUT2D eigenvalue weighted by molar-refractivity contribution is 5.90. The van der Waals surface area contributed by atoms with Crippen LogP contribution >= 0.6 is 0 Å². The Labute approximate surface area is 143 Å². The third-order valence-electron chi connectivity index (χ3n) is 4.05. The SMILES string of the molecule is COC(=O)CCCCOC(=O)N1c2ccccc2CCC1C(F)(F)F. The van der Waals surface area contributed by atoms with E-state index in [0.29, 0.717) is 23.3 Å². The number of halogens is 3. The fourth-order valence-electron chi connectivity index (χ4n) is 2.78. The summed E-state index contributed by atoms with van der Waals surface area (Å²) in [5.41, 5.74) is 0.918. The molecule has 0 saturated carbocycles. The van der Waals surface area contributed by atoms with Gasteiger partial charge in [-0.15, -0.1) is 0 Å². The van der Waals surface area contributed by atoms with Crippen LogP contribution in [0.25, 0.3) is 0 Å². The highest BCUT2D eigenvalue weighted by Crippen LogP contribution is 2.38. The van der Waals surface area contributed by atoms with E-state index in [9.17, 15) is 22.8 Å². The number of carbonyl (C=O) groups excluding carboxylic acids is 2. The van der Waals surface area contributed by atoms with Gasteiger partial charge in [0, 0.05) is 6.42 Å². The Morgan fingerprint density at radius 2 is 1.96 bits per heavy atom. The van der Waals surface area contributed by atoms with Crippen LogP contribution in [-0.4, -0.2) is 38.0 Å². The number of benzene rings is 1. The van der Waals surface area contributed by atoms with Gasteiger partial charge < -0.3 is 9.47 Å². The van der Waals surface area contributed by atoms with Crippen LogP contribution in [0.15, 0.2) is 24.3 Å². The summed E-state index contributed by atoms with van der Waals surface area (Å²) in [7, 11) is 1.27. The number of esters is 1. The second-order valence-corrected chi connectivity index (χ2v) is 5.74. The first kappa shape index (κ1) is 19.1. The second kappa shape index (κ2) is 8.22. The van der Waals surface area contributed by atoms with Crippen molar-refractivity contribution < 1.29 is 32.2 Å². The monoisotopic (exact) mass is 359 g/mol. The standard InChI is InChI=1S/C17H20F3NO4/c1-24-15(22)8-4-5-11-25-16(23)21-13-7-3-2-6-12(13)9-10-14(21)17(18,19)20/h2-3,6-7,14H,4-5,8-11H2,1H3. The first-order valence-electron chi connectivity index (χ1n) is 8.02. The van der Waals surface area contributed by atoms with Crippen molar-refractivity contribution in [2.24, 2.45) is 0 Å². The Morgan fingerprint density at radius 3 is 2.64 bits per heavy atom. The molecule has 1 amide bonds. The van der Waals surface area contributed by atoms with E-state index in [1.807, 2.05) is 0 Å². The van der Waals surface area contributed by atoms with Gasteiger partial charge in [0.2, 0.25) is 0 Å². The number of aryl methyl sites for hydroxylation is 1. The molecule has 1 unspecified atom stereocenters. The lowest BCUT2D eigenvalue weighted by atomic mass is 9.96. The van der Waals surface area contributed by atoms with E-state index in [2.05, 4.69) is 4.74 Å². The zero-order valence-electron chi connectivity index (χ0n) is 13.8. The summed E-state index contributed by atoms with van der Waals surface area (Å²) in [6.07, 6.45) is -4.52. The maximum atomic E-state index is 13.3. The largest absolute Gasteiger partial charge is 0.469 e. The number of nitrogens with zero attached hydrogens (tertiary/aromatic N) is 1. The van der Waals surface area contributed by atoms with Crippen molar-refractivity contribution in [3.63, 3.8) is 0 Å². The van der Waals surface area contributed by atoms with Crippen LogP contribution in [0.1, 0.15) is 31.2 Å². The van der Waals surface area contributed by atoms with Gasteiger partial charge in [0.25, 0.3) is 0 Å². The number of ether oxygens (including phenoxy) is 2. The summed E-state index contributed by atoms with van der Waals surface area (Å²) < 4.78 is 49.4. The molecule has 0 spiro atoms. The van der Waals surface area contributed by atoms with Gasteiger partial charge in [0.15, 0.2) is 0 Å². The minimum atomic E-state index is -4.53. The molecule has 1 aromatic carbocycles. The van der Waals surface area contributed by atoms with Gasteiger partial charge in [-0.05, 0) is 37.3 Å². The van der Waals surface area contributed by atoms with Crippen molar-refractivity contribution in [3.05, 3.63) is 29.8 Å². The van der Waals surface area contributed by atoms with Gasteiger partial charge in [0.05, 0.1) is 19.4 Å². The molecule has 1 atom stereocenters. The molecule has 1 heterocycles. The summed E-state index contributed by atoms with van der Waals surface area (Å²) in [4.78, 5) is 24.0. The smallest absolute Gasteiger partial charge is 0.414 e. The van der Waals surface area contributed by atoms with Crippen LogP contribution in [0.5, 0.6) is 0 Å². The number of rotatable bonds is 5. The molecule has 25 heavy (non-hydrogen) atoms. The molecule has 0 aromatic heterocycles. The molecule has 1 aliphatic rings. The Hall–Kier alpha value is -2.25. The molecule has 0 aliphatic carbocycles. The van der Waals surface area contributed by atoms with E-state index in [4.69, 9.17) is 4.74 Å². The number of para-hydroxylation sites is 1. The summed E-state index contributed by atoms with van der Waals surface area (Å²) in [5, 5.41) is 0. The topological polar surface area (TPSA) is 55.8 Å². The number of hydrogen-bond donors (Lipinski definition) is 0. The average molecular weight is 359 g/mol. The van der Waals surface area contributed by atoms with Crippen LogP contribution in [0.3, 0.4) is 0 Å². The number of anilines is 1. The molecule has 138 valence electrons. The molecule has 1 aromatic rings. The number of hydrogen-bond acceptors (Lipinski definition) is 4. The number of alkyl halides is 3. The molecular formula is C17H20F3NO4. The maximum absolute atomic E-state index is 13.3. The van der Waals surface area contributed by atoms with E-state index in [1.165, 1.54) is 13.2 Å². The van der Waals surface area contributed by atoms with E-state index in [0.717, 1.165) is 0 Å². The molecule has 8 heteroatoms. The van der Waals surface area contributed by atoms with Crippen LogP contribution in [0.4, 0.5) is 23.7 Å². The number of methoxy groups -OCH3 is 1. The fourth-order valence-corrected chi connectivity index (χ4v) is 2.78. The van der Waals surface area contributed by atoms with Gasteiger partial charge in [0.1, 0.15) is 6.04 Å². The van der Waals surface area contributed by atoms with Crippen LogP contribution in [0, 0.1) is 0 Å². The molecule has 0 radical (unpaired) electrons. The lowest BCUT2D eigenvalue weighted by Gasteiger charge is -2.37. The molecule has 0 fully saturated rings. The molecule has 2 rings (SSSR count). The fraction of sp³-hybridized carbons (Fsp3) is 0.529. The van der Waals surface area contributed by atoms with Crippen molar-refractivity contribution in [3.8, 4) is 0 Å². The minimum Gasteiger partial charge on any atom is -0.469 e. The normalized spacial score (nSPS) is 17.0. The first-order chi connectivity index (χ1) is 11.8. The van der Waals surface area contributed by atoms with Crippen molar-refractivity contribution in [2.45, 2.75) is 44.3 Å². The highest BCUT2D eigenvalue weighted by atomic mass is 19.4. The Morgan fingerprint density at radius 1 is 1.24 bits per heavy atom.